The number of nitrogens with zero attached hydrogens (tertiary/aromatic N) is 5. The predicted octanol–water partition coefficient (Wildman–Crippen LogP) is 4.26. The van der Waals surface area contributed by atoms with Gasteiger partial charge in [-0.2, -0.15) is 10.4 Å². The summed E-state index contributed by atoms with van der Waals surface area (Å²) in [4.78, 5) is 28.3. The van der Waals surface area contributed by atoms with Crippen molar-refractivity contribution < 1.29 is 13.6 Å². The maximum absolute atomic E-state index is 13.8. The number of nitriles is 1. The maximum Gasteiger partial charge on any atom is 0.326 e. The van der Waals surface area contributed by atoms with Crippen LogP contribution in [0.2, 0.25) is 0 Å². The summed E-state index contributed by atoms with van der Waals surface area (Å²) in [6.07, 6.45) is 8.12. The SMILES string of the molecule is CN1CCC(n2c(=O)[nH]c3ccc(C#N)cc32)CC1.O=Cc1cc(C2=CC=CNC2)n(-c2ccc(CF)c(F)c2)n1. The topological polar surface area (TPSA) is 112 Å². The van der Waals surface area contributed by atoms with E-state index >= 15 is 0 Å². The van der Waals surface area contributed by atoms with E-state index < -0.39 is 12.5 Å². The average Bonchev–Trinajstić information content (AvgIpc) is 3.58. The van der Waals surface area contributed by atoms with E-state index in [0.29, 0.717) is 29.8 Å². The number of benzene rings is 2. The van der Waals surface area contributed by atoms with E-state index in [-0.39, 0.29) is 23.0 Å². The van der Waals surface area contributed by atoms with Gasteiger partial charge in [-0.1, -0.05) is 12.1 Å². The lowest BCUT2D eigenvalue weighted by molar-refractivity contribution is 0.111. The third-order valence-corrected chi connectivity index (χ3v) is 7.31. The third kappa shape index (κ3) is 5.88. The van der Waals surface area contributed by atoms with E-state index in [2.05, 4.69) is 33.4 Å². The molecule has 0 saturated carbocycles. The number of alkyl halides is 1. The first-order valence-electron chi connectivity index (χ1n) is 13.2. The van der Waals surface area contributed by atoms with Gasteiger partial charge in [-0.15, -0.1) is 0 Å². The van der Waals surface area contributed by atoms with E-state index in [1.54, 1.807) is 36.5 Å². The van der Waals surface area contributed by atoms with Crippen LogP contribution in [0.15, 0.2) is 65.6 Å². The Labute approximate surface area is 235 Å². The van der Waals surface area contributed by atoms with Gasteiger partial charge in [0.1, 0.15) is 18.2 Å². The fraction of sp³-hybridized carbons (Fsp3) is 0.267. The largest absolute Gasteiger partial charge is 0.387 e. The first-order valence-corrected chi connectivity index (χ1v) is 13.2. The highest BCUT2D eigenvalue weighted by molar-refractivity contribution is 5.78. The highest BCUT2D eigenvalue weighted by Crippen LogP contribution is 2.25. The highest BCUT2D eigenvalue weighted by atomic mass is 19.1. The van der Waals surface area contributed by atoms with Crippen molar-refractivity contribution in [1.82, 2.24) is 29.5 Å². The number of fused-ring (bicyclic) bond motifs is 1. The van der Waals surface area contributed by atoms with Gasteiger partial charge in [0.05, 0.1) is 34.0 Å². The van der Waals surface area contributed by atoms with Crippen LogP contribution in [0, 0.1) is 17.1 Å². The zero-order valence-electron chi connectivity index (χ0n) is 22.5. The van der Waals surface area contributed by atoms with E-state index in [1.807, 2.05) is 16.7 Å². The van der Waals surface area contributed by atoms with Gasteiger partial charge in [0, 0.05) is 18.2 Å². The Bertz CT molecular complexity index is 1730. The van der Waals surface area contributed by atoms with Crippen molar-refractivity contribution in [3.05, 3.63) is 99.6 Å². The molecule has 9 nitrogen and oxygen atoms in total. The molecule has 2 aromatic heterocycles. The molecule has 4 aromatic rings. The van der Waals surface area contributed by atoms with Gasteiger partial charge in [0.25, 0.3) is 0 Å². The number of aldehydes is 1. The van der Waals surface area contributed by atoms with Crippen molar-refractivity contribution in [2.75, 3.05) is 26.7 Å². The fourth-order valence-corrected chi connectivity index (χ4v) is 5.10. The molecule has 2 aromatic carbocycles. The van der Waals surface area contributed by atoms with Gasteiger partial charge in [-0.05, 0) is 87.2 Å². The number of hydrogen-bond acceptors (Lipinski definition) is 6. The van der Waals surface area contributed by atoms with Crippen molar-refractivity contribution >= 4 is 22.9 Å². The summed E-state index contributed by atoms with van der Waals surface area (Å²) >= 11 is 0. The maximum atomic E-state index is 13.8. The Morgan fingerprint density at radius 1 is 1.17 bits per heavy atom. The Morgan fingerprint density at radius 2 is 1.98 bits per heavy atom. The fourth-order valence-electron chi connectivity index (χ4n) is 5.10. The summed E-state index contributed by atoms with van der Waals surface area (Å²) in [5.74, 6) is -0.634. The Kier molecular flexibility index (Phi) is 8.21. The van der Waals surface area contributed by atoms with Crippen LogP contribution in [0.1, 0.15) is 46.2 Å². The summed E-state index contributed by atoms with van der Waals surface area (Å²) < 4.78 is 29.7. The standard InChI is InChI=1S/C16H13F2N3O.C14H16N4O/c17-8-11-3-4-14(7-15(11)18)21-16(6-13(10-22)20-21)12-2-1-5-19-9-12;1-17-6-4-11(5-7-17)18-13-8-10(9-15)2-3-12(13)16-14(18)19/h1-7,10,19H,8-9H2;2-3,8,11H,4-7H2,1H3,(H,16,19). The van der Waals surface area contributed by atoms with Crippen LogP contribution in [-0.2, 0) is 6.67 Å². The van der Waals surface area contributed by atoms with Gasteiger partial charge >= 0.3 is 5.69 Å². The number of nitrogens with one attached hydrogen (secondary N) is 2. The monoisotopic (exact) mass is 557 g/mol. The molecule has 11 heteroatoms. The van der Waals surface area contributed by atoms with Gasteiger partial charge in [0.15, 0.2) is 6.29 Å². The smallest absolute Gasteiger partial charge is 0.326 e. The molecule has 2 N–H and O–H groups in total. The number of dihydropyridines is 1. The molecule has 0 unspecified atom stereocenters. The number of carbonyl (C=O) groups is 1. The first kappa shape index (κ1) is 27.7. The molecule has 0 spiro atoms. The number of likely N-dealkylation sites (tertiary alicyclic amines) is 1. The summed E-state index contributed by atoms with van der Waals surface area (Å²) in [7, 11) is 2.10. The Morgan fingerprint density at radius 3 is 2.63 bits per heavy atom. The van der Waals surface area contributed by atoms with E-state index in [0.717, 1.165) is 42.5 Å². The number of allylic oxidation sites excluding steroid dienone is 2. The number of aromatic nitrogens is 4. The molecule has 0 aliphatic carbocycles. The number of aromatic amines is 1. The number of hydrogen-bond donors (Lipinski definition) is 2. The number of imidazole rings is 1. The molecule has 0 amide bonds. The second kappa shape index (κ2) is 12.1. The second-order valence-corrected chi connectivity index (χ2v) is 10.0. The van der Waals surface area contributed by atoms with Gasteiger partial charge in [-0.3, -0.25) is 9.36 Å². The summed E-state index contributed by atoms with van der Waals surface area (Å²) in [5.41, 5.74) is 4.46. The molecule has 1 saturated heterocycles. The van der Waals surface area contributed by atoms with Crippen molar-refractivity contribution in [2.24, 2.45) is 0 Å². The van der Waals surface area contributed by atoms with Gasteiger partial charge < -0.3 is 15.2 Å². The van der Waals surface area contributed by atoms with Crippen molar-refractivity contribution in [1.29, 1.82) is 5.26 Å². The molecule has 210 valence electrons. The molecule has 2 aliphatic heterocycles. The minimum atomic E-state index is -0.864. The lowest BCUT2D eigenvalue weighted by Gasteiger charge is -2.29. The minimum absolute atomic E-state index is 0.00505. The lowest BCUT2D eigenvalue weighted by atomic mass is 10.0. The third-order valence-electron chi connectivity index (χ3n) is 7.31. The molecular formula is C30H29F2N7O2. The van der Waals surface area contributed by atoms with Crippen molar-refractivity contribution in [2.45, 2.75) is 25.6 Å². The van der Waals surface area contributed by atoms with Crippen LogP contribution in [-0.4, -0.2) is 57.2 Å². The van der Waals surface area contributed by atoms with Crippen LogP contribution in [0.5, 0.6) is 0 Å². The molecule has 4 heterocycles. The molecule has 6 rings (SSSR count). The summed E-state index contributed by atoms with van der Waals surface area (Å²) in [6, 6.07) is 13.5. The quantitative estimate of drug-likeness (QED) is 0.355. The van der Waals surface area contributed by atoms with Crippen molar-refractivity contribution in [3.8, 4) is 11.8 Å². The first-order chi connectivity index (χ1) is 19.9. The molecule has 41 heavy (non-hydrogen) atoms. The summed E-state index contributed by atoms with van der Waals surface area (Å²) in [5, 5.41) is 16.2. The number of rotatable bonds is 5. The normalized spacial score (nSPS) is 15.5. The van der Waals surface area contributed by atoms with Gasteiger partial charge in [-0.25, -0.2) is 18.3 Å². The van der Waals surface area contributed by atoms with Crippen molar-refractivity contribution in [3.63, 3.8) is 0 Å². The number of H-pyrrole nitrogens is 1. The van der Waals surface area contributed by atoms with E-state index in [4.69, 9.17) is 5.26 Å². The molecule has 0 bridgehead atoms. The second-order valence-electron chi connectivity index (χ2n) is 10.0. The molecule has 0 radical (unpaired) electrons. The average molecular weight is 558 g/mol. The molecule has 0 atom stereocenters. The number of piperidine rings is 1. The molecule has 1 fully saturated rings. The molecular weight excluding hydrogens is 528 g/mol. The minimum Gasteiger partial charge on any atom is -0.387 e. The van der Waals surface area contributed by atoms with Crippen LogP contribution in [0.25, 0.3) is 22.3 Å². The highest BCUT2D eigenvalue weighted by Gasteiger charge is 2.22. The van der Waals surface area contributed by atoms with E-state index in [9.17, 15) is 18.4 Å². The zero-order valence-corrected chi connectivity index (χ0v) is 22.5. The molecule has 2 aliphatic rings. The van der Waals surface area contributed by atoms with Crippen LogP contribution >= 0.6 is 0 Å². The Hall–Kier alpha value is -4.82. The summed E-state index contributed by atoms with van der Waals surface area (Å²) in [6.45, 7) is 1.71. The predicted molar refractivity (Wildman–Crippen MR) is 152 cm³/mol. The van der Waals surface area contributed by atoms with Crippen LogP contribution < -0.4 is 11.0 Å². The van der Waals surface area contributed by atoms with E-state index in [1.165, 1.54) is 16.8 Å². The number of halogens is 2. The Balaban J connectivity index is 0.000000166. The van der Waals surface area contributed by atoms with Crippen LogP contribution in [0.4, 0.5) is 8.78 Å². The number of carbonyl (C=O) groups excluding carboxylic acids is 1. The van der Waals surface area contributed by atoms with Gasteiger partial charge in [0.2, 0.25) is 0 Å². The lowest BCUT2D eigenvalue weighted by Crippen LogP contribution is -2.34. The van der Waals surface area contributed by atoms with Crippen LogP contribution in [0.3, 0.4) is 0 Å². The zero-order chi connectivity index (χ0) is 28.9.